The standard InChI is InChI=1S/C24H33N3O2/c1-3-23(21-9-11-22(29-2)12-10-21)26-24(28)25-17-19-13-15-27(16-14-19)18-20-7-5-4-6-8-20/h4-12,19,23H,3,13-18H2,1-2H3,(H2,25,26,28). The van der Waals surface area contributed by atoms with Gasteiger partial charge in [-0.05, 0) is 61.5 Å². The molecule has 156 valence electrons. The molecule has 3 rings (SSSR count). The van der Waals surface area contributed by atoms with Gasteiger partial charge in [0.05, 0.1) is 13.2 Å². The van der Waals surface area contributed by atoms with E-state index in [0.29, 0.717) is 5.92 Å². The Bertz CT molecular complexity index is 740. The van der Waals surface area contributed by atoms with Crippen LogP contribution >= 0.6 is 0 Å². The van der Waals surface area contributed by atoms with Crippen LogP contribution in [0.25, 0.3) is 0 Å². The minimum absolute atomic E-state index is 0.00799. The van der Waals surface area contributed by atoms with Crippen molar-refractivity contribution in [2.75, 3.05) is 26.7 Å². The number of rotatable bonds is 8. The second-order valence-corrected chi connectivity index (χ2v) is 7.79. The molecule has 2 aromatic carbocycles. The van der Waals surface area contributed by atoms with Gasteiger partial charge in [-0.1, -0.05) is 49.4 Å². The molecule has 2 amide bonds. The van der Waals surface area contributed by atoms with Gasteiger partial charge in [-0.2, -0.15) is 0 Å². The monoisotopic (exact) mass is 395 g/mol. The Morgan fingerprint density at radius 3 is 2.41 bits per heavy atom. The van der Waals surface area contributed by atoms with Crippen molar-refractivity contribution < 1.29 is 9.53 Å². The molecule has 2 aromatic rings. The fourth-order valence-electron chi connectivity index (χ4n) is 3.89. The first-order valence-corrected chi connectivity index (χ1v) is 10.6. The zero-order valence-corrected chi connectivity index (χ0v) is 17.6. The highest BCUT2D eigenvalue weighted by atomic mass is 16.5. The van der Waals surface area contributed by atoms with E-state index in [1.165, 1.54) is 5.56 Å². The summed E-state index contributed by atoms with van der Waals surface area (Å²) in [5.74, 6) is 1.38. The van der Waals surface area contributed by atoms with E-state index in [1.807, 2.05) is 24.3 Å². The van der Waals surface area contributed by atoms with Crippen LogP contribution in [0.15, 0.2) is 54.6 Å². The summed E-state index contributed by atoms with van der Waals surface area (Å²) in [6.45, 7) is 6.02. The van der Waals surface area contributed by atoms with Gasteiger partial charge in [-0.3, -0.25) is 4.90 Å². The van der Waals surface area contributed by atoms with Gasteiger partial charge in [0.2, 0.25) is 0 Å². The van der Waals surface area contributed by atoms with E-state index in [-0.39, 0.29) is 12.1 Å². The van der Waals surface area contributed by atoms with E-state index in [2.05, 4.69) is 52.8 Å². The van der Waals surface area contributed by atoms with Crippen LogP contribution in [-0.4, -0.2) is 37.7 Å². The lowest BCUT2D eigenvalue weighted by molar-refractivity contribution is 0.174. The van der Waals surface area contributed by atoms with Crippen molar-refractivity contribution in [3.05, 3.63) is 65.7 Å². The third-order valence-electron chi connectivity index (χ3n) is 5.74. The fourth-order valence-corrected chi connectivity index (χ4v) is 3.89. The van der Waals surface area contributed by atoms with Gasteiger partial charge >= 0.3 is 6.03 Å². The summed E-state index contributed by atoms with van der Waals surface area (Å²) in [4.78, 5) is 14.9. The molecule has 1 aliphatic heterocycles. The number of nitrogens with one attached hydrogen (secondary N) is 2. The van der Waals surface area contributed by atoms with E-state index in [9.17, 15) is 4.79 Å². The Balaban J connectivity index is 1.39. The molecule has 29 heavy (non-hydrogen) atoms. The number of methoxy groups -OCH3 is 1. The van der Waals surface area contributed by atoms with Crippen LogP contribution in [0.2, 0.25) is 0 Å². The van der Waals surface area contributed by atoms with Gasteiger partial charge in [-0.25, -0.2) is 4.79 Å². The van der Waals surface area contributed by atoms with Crippen LogP contribution in [-0.2, 0) is 6.54 Å². The molecule has 1 saturated heterocycles. The number of hydrogen-bond donors (Lipinski definition) is 2. The molecule has 1 unspecified atom stereocenters. The molecule has 1 aliphatic rings. The number of piperidine rings is 1. The van der Waals surface area contributed by atoms with Crippen LogP contribution in [0.4, 0.5) is 4.79 Å². The smallest absolute Gasteiger partial charge is 0.315 e. The molecule has 0 aliphatic carbocycles. The summed E-state index contributed by atoms with van der Waals surface area (Å²) in [6.07, 6.45) is 3.10. The number of ether oxygens (including phenoxy) is 1. The maximum absolute atomic E-state index is 12.4. The first-order valence-electron chi connectivity index (χ1n) is 10.6. The Morgan fingerprint density at radius 2 is 1.79 bits per heavy atom. The zero-order valence-electron chi connectivity index (χ0n) is 17.6. The van der Waals surface area contributed by atoms with Crippen molar-refractivity contribution in [1.82, 2.24) is 15.5 Å². The molecule has 1 heterocycles. The van der Waals surface area contributed by atoms with Crippen molar-refractivity contribution in [1.29, 1.82) is 0 Å². The van der Waals surface area contributed by atoms with Crippen molar-refractivity contribution in [2.24, 2.45) is 5.92 Å². The molecule has 0 saturated carbocycles. The number of carbonyl (C=O) groups is 1. The number of hydrogen-bond acceptors (Lipinski definition) is 3. The average molecular weight is 396 g/mol. The SMILES string of the molecule is CCC(NC(=O)NCC1CCN(Cc2ccccc2)CC1)c1ccc(OC)cc1. The van der Waals surface area contributed by atoms with Crippen molar-refractivity contribution in [3.8, 4) is 5.75 Å². The quantitative estimate of drug-likeness (QED) is 0.698. The highest BCUT2D eigenvalue weighted by Crippen LogP contribution is 2.21. The lowest BCUT2D eigenvalue weighted by Gasteiger charge is -2.32. The first-order chi connectivity index (χ1) is 14.2. The summed E-state index contributed by atoms with van der Waals surface area (Å²) in [6, 6.07) is 18.4. The normalized spacial score (nSPS) is 16.2. The number of benzene rings is 2. The highest BCUT2D eigenvalue weighted by Gasteiger charge is 2.20. The van der Waals surface area contributed by atoms with Crippen molar-refractivity contribution in [2.45, 2.75) is 38.8 Å². The molecule has 5 heteroatoms. The number of likely N-dealkylation sites (tertiary alicyclic amines) is 1. The molecule has 0 aromatic heterocycles. The van der Waals surface area contributed by atoms with Crippen LogP contribution in [0.3, 0.4) is 0 Å². The number of carbonyl (C=O) groups excluding carboxylic acids is 1. The maximum atomic E-state index is 12.4. The topological polar surface area (TPSA) is 53.6 Å². The van der Waals surface area contributed by atoms with Crippen LogP contribution in [0.1, 0.15) is 43.4 Å². The average Bonchev–Trinajstić information content (AvgIpc) is 2.78. The largest absolute Gasteiger partial charge is 0.497 e. The molecule has 5 nitrogen and oxygen atoms in total. The molecule has 2 N–H and O–H groups in total. The van der Waals surface area contributed by atoms with Gasteiger partial charge < -0.3 is 15.4 Å². The molecular formula is C24H33N3O2. The first kappa shape index (κ1) is 21.2. The second-order valence-electron chi connectivity index (χ2n) is 7.79. The van der Waals surface area contributed by atoms with Gasteiger partial charge in [0.25, 0.3) is 0 Å². The Hall–Kier alpha value is -2.53. The second kappa shape index (κ2) is 10.9. The minimum atomic E-state index is -0.0839. The summed E-state index contributed by atoms with van der Waals surface area (Å²) in [5, 5.41) is 6.18. The van der Waals surface area contributed by atoms with Crippen LogP contribution in [0, 0.1) is 5.92 Å². The predicted molar refractivity (Wildman–Crippen MR) is 117 cm³/mol. The van der Waals surface area contributed by atoms with Gasteiger partial charge in [-0.15, -0.1) is 0 Å². The zero-order chi connectivity index (χ0) is 20.5. The lowest BCUT2D eigenvalue weighted by atomic mass is 9.96. The summed E-state index contributed by atoms with van der Waals surface area (Å²) in [7, 11) is 1.66. The predicted octanol–water partition coefficient (Wildman–Crippen LogP) is 4.36. The van der Waals surface area contributed by atoms with E-state index in [0.717, 1.165) is 56.8 Å². The van der Waals surface area contributed by atoms with Crippen molar-refractivity contribution >= 4 is 6.03 Å². The van der Waals surface area contributed by atoms with Crippen molar-refractivity contribution in [3.63, 3.8) is 0 Å². The van der Waals surface area contributed by atoms with Gasteiger partial charge in [0.15, 0.2) is 0 Å². The molecule has 1 atom stereocenters. The summed E-state index contributed by atoms with van der Waals surface area (Å²) >= 11 is 0. The highest BCUT2D eigenvalue weighted by molar-refractivity contribution is 5.74. The van der Waals surface area contributed by atoms with E-state index in [1.54, 1.807) is 7.11 Å². The van der Waals surface area contributed by atoms with Gasteiger partial charge in [0, 0.05) is 13.1 Å². The third-order valence-corrected chi connectivity index (χ3v) is 5.74. The third kappa shape index (κ3) is 6.50. The Kier molecular flexibility index (Phi) is 7.94. The summed E-state index contributed by atoms with van der Waals surface area (Å²) in [5.41, 5.74) is 2.46. The minimum Gasteiger partial charge on any atom is -0.497 e. The van der Waals surface area contributed by atoms with Crippen LogP contribution < -0.4 is 15.4 Å². The molecule has 0 spiro atoms. The van der Waals surface area contributed by atoms with E-state index < -0.39 is 0 Å². The fraction of sp³-hybridized carbons (Fsp3) is 0.458. The summed E-state index contributed by atoms with van der Waals surface area (Å²) < 4.78 is 5.21. The lowest BCUT2D eigenvalue weighted by Crippen LogP contribution is -2.42. The Morgan fingerprint density at radius 1 is 1.10 bits per heavy atom. The molecule has 1 fully saturated rings. The number of urea groups is 1. The van der Waals surface area contributed by atoms with Crippen LogP contribution in [0.5, 0.6) is 5.75 Å². The number of nitrogens with zero attached hydrogens (tertiary/aromatic N) is 1. The van der Waals surface area contributed by atoms with Gasteiger partial charge in [0.1, 0.15) is 5.75 Å². The van der Waals surface area contributed by atoms with E-state index in [4.69, 9.17) is 4.74 Å². The number of amides is 2. The Labute approximate surface area is 174 Å². The molecule has 0 radical (unpaired) electrons. The molecule has 0 bridgehead atoms. The maximum Gasteiger partial charge on any atom is 0.315 e. The molecular weight excluding hydrogens is 362 g/mol. The van der Waals surface area contributed by atoms with E-state index >= 15 is 0 Å².